The Balaban J connectivity index is 1.87. The van der Waals surface area contributed by atoms with Crippen LogP contribution >= 0.6 is 0 Å². The van der Waals surface area contributed by atoms with E-state index >= 15 is 0 Å². The van der Waals surface area contributed by atoms with E-state index in [1.807, 2.05) is 5.57 Å². The van der Waals surface area contributed by atoms with Gasteiger partial charge >= 0.3 is 0 Å². The van der Waals surface area contributed by atoms with Crippen molar-refractivity contribution in [3.05, 3.63) is 23.8 Å². The van der Waals surface area contributed by atoms with Crippen molar-refractivity contribution in [2.75, 3.05) is 0 Å². The van der Waals surface area contributed by atoms with Gasteiger partial charge in [0.25, 0.3) is 0 Å². The average molecular weight is 270 g/mol. The first-order chi connectivity index (χ1) is 9.34. The van der Waals surface area contributed by atoms with Gasteiger partial charge in [-0.15, -0.1) is 0 Å². The molecule has 4 aliphatic rings. The highest BCUT2D eigenvalue weighted by Gasteiger charge is 2.71. The molecule has 3 saturated carbocycles. The molecule has 0 aromatic heterocycles. The van der Waals surface area contributed by atoms with Crippen molar-refractivity contribution < 1.29 is 0 Å². The molecule has 0 aromatic rings. The fourth-order valence-corrected chi connectivity index (χ4v) is 6.84. The van der Waals surface area contributed by atoms with Gasteiger partial charge in [-0.2, -0.15) is 0 Å². The Labute approximate surface area is 124 Å². The van der Waals surface area contributed by atoms with Gasteiger partial charge in [0.1, 0.15) is 0 Å². The standard InChI is InChI=1S/C20H30/c1-13-12-15-19(5,17-16(13)18(17,3)4)14(2)8-11-20(15)9-6-7-10-20/h12,14,16-17H,1,6-11H2,2-5H3. The molecule has 0 amide bonds. The molecular weight excluding hydrogens is 240 g/mol. The summed E-state index contributed by atoms with van der Waals surface area (Å²) in [6, 6.07) is 0. The van der Waals surface area contributed by atoms with E-state index in [2.05, 4.69) is 40.3 Å². The monoisotopic (exact) mass is 270 g/mol. The van der Waals surface area contributed by atoms with Crippen molar-refractivity contribution in [3.8, 4) is 0 Å². The maximum absolute atomic E-state index is 4.46. The summed E-state index contributed by atoms with van der Waals surface area (Å²) in [5, 5.41) is 0. The second-order valence-corrected chi connectivity index (χ2v) is 9.12. The number of hydrogen-bond acceptors (Lipinski definition) is 0. The number of fused-ring (bicyclic) bond motifs is 4. The van der Waals surface area contributed by atoms with Gasteiger partial charge in [0, 0.05) is 0 Å². The van der Waals surface area contributed by atoms with Crippen LogP contribution in [0.2, 0.25) is 0 Å². The fraction of sp³-hybridized carbons (Fsp3) is 0.800. The van der Waals surface area contributed by atoms with Crippen LogP contribution in [0.4, 0.5) is 0 Å². The maximum atomic E-state index is 4.46. The minimum absolute atomic E-state index is 0.456. The van der Waals surface area contributed by atoms with Crippen LogP contribution in [-0.2, 0) is 0 Å². The van der Waals surface area contributed by atoms with Crippen LogP contribution in [0.3, 0.4) is 0 Å². The molecule has 4 aliphatic carbocycles. The topological polar surface area (TPSA) is 0 Å². The first-order valence-electron chi connectivity index (χ1n) is 8.75. The lowest BCUT2D eigenvalue weighted by atomic mass is 9.50. The molecule has 0 nitrogen and oxygen atoms in total. The summed E-state index contributed by atoms with van der Waals surface area (Å²) in [6.45, 7) is 14.6. The first kappa shape index (κ1) is 13.2. The van der Waals surface area contributed by atoms with Crippen molar-refractivity contribution >= 4 is 0 Å². The van der Waals surface area contributed by atoms with Crippen LogP contribution in [0.25, 0.3) is 0 Å². The zero-order valence-corrected chi connectivity index (χ0v) is 13.8. The Hall–Kier alpha value is -0.520. The first-order valence-corrected chi connectivity index (χ1v) is 8.75. The summed E-state index contributed by atoms with van der Waals surface area (Å²) in [5.41, 5.74) is 4.78. The quantitative estimate of drug-likeness (QED) is 0.525. The lowest BCUT2D eigenvalue weighted by Gasteiger charge is -2.54. The lowest BCUT2D eigenvalue weighted by molar-refractivity contribution is 0.0729. The minimum Gasteiger partial charge on any atom is -0.0955 e. The molecule has 0 aromatic carbocycles. The van der Waals surface area contributed by atoms with Crippen molar-refractivity contribution in [2.45, 2.75) is 66.2 Å². The van der Waals surface area contributed by atoms with Crippen molar-refractivity contribution in [1.29, 1.82) is 0 Å². The number of allylic oxidation sites excluding steroid dienone is 3. The third kappa shape index (κ3) is 1.30. The van der Waals surface area contributed by atoms with E-state index in [0.29, 0.717) is 16.2 Å². The highest BCUT2D eigenvalue weighted by atomic mass is 14.7. The summed E-state index contributed by atoms with van der Waals surface area (Å²) in [6.07, 6.45) is 11.3. The Morgan fingerprint density at radius 1 is 1.10 bits per heavy atom. The van der Waals surface area contributed by atoms with Crippen LogP contribution in [0, 0.1) is 34.0 Å². The van der Waals surface area contributed by atoms with Gasteiger partial charge in [0.15, 0.2) is 0 Å². The highest BCUT2D eigenvalue weighted by Crippen LogP contribution is 2.78. The van der Waals surface area contributed by atoms with E-state index in [9.17, 15) is 0 Å². The molecule has 0 aliphatic heterocycles. The predicted molar refractivity (Wildman–Crippen MR) is 85.4 cm³/mol. The van der Waals surface area contributed by atoms with Crippen molar-refractivity contribution in [3.63, 3.8) is 0 Å². The zero-order chi connectivity index (χ0) is 14.3. The van der Waals surface area contributed by atoms with Gasteiger partial charge in [0.2, 0.25) is 0 Å². The molecule has 20 heavy (non-hydrogen) atoms. The largest absolute Gasteiger partial charge is 0.0955 e. The van der Waals surface area contributed by atoms with Crippen LogP contribution < -0.4 is 0 Å². The molecule has 1 spiro atoms. The second kappa shape index (κ2) is 3.62. The second-order valence-electron chi connectivity index (χ2n) is 9.12. The molecule has 110 valence electrons. The number of rotatable bonds is 0. The molecule has 0 bridgehead atoms. The van der Waals surface area contributed by atoms with Crippen LogP contribution in [0.15, 0.2) is 23.8 Å². The van der Waals surface area contributed by atoms with E-state index in [4.69, 9.17) is 0 Å². The van der Waals surface area contributed by atoms with E-state index in [1.165, 1.54) is 44.1 Å². The molecule has 4 rings (SSSR count). The third-order valence-electron chi connectivity index (χ3n) is 7.99. The van der Waals surface area contributed by atoms with E-state index in [0.717, 1.165) is 17.8 Å². The third-order valence-corrected chi connectivity index (χ3v) is 7.99. The van der Waals surface area contributed by atoms with Gasteiger partial charge in [-0.3, -0.25) is 0 Å². The van der Waals surface area contributed by atoms with Gasteiger partial charge < -0.3 is 0 Å². The summed E-state index contributed by atoms with van der Waals surface area (Å²) in [5.74, 6) is 2.47. The van der Waals surface area contributed by atoms with E-state index in [-0.39, 0.29) is 0 Å². The van der Waals surface area contributed by atoms with E-state index < -0.39 is 0 Å². The summed E-state index contributed by atoms with van der Waals surface area (Å²) < 4.78 is 0. The fourth-order valence-electron chi connectivity index (χ4n) is 6.84. The van der Waals surface area contributed by atoms with Crippen LogP contribution in [0.1, 0.15) is 66.2 Å². The Morgan fingerprint density at radius 2 is 1.75 bits per heavy atom. The summed E-state index contributed by atoms with van der Waals surface area (Å²) in [4.78, 5) is 0. The molecule has 0 N–H and O–H groups in total. The molecule has 0 heterocycles. The molecule has 0 radical (unpaired) electrons. The van der Waals surface area contributed by atoms with Crippen molar-refractivity contribution in [2.24, 2.45) is 34.0 Å². The van der Waals surface area contributed by atoms with Gasteiger partial charge in [-0.25, -0.2) is 0 Å². The maximum Gasteiger partial charge on any atom is -0.00424 e. The molecule has 4 atom stereocenters. The van der Waals surface area contributed by atoms with Gasteiger partial charge in [-0.05, 0) is 59.7 Å². The average Bonchev–Trinajstić information content (AvgIpc) is 2.78. The predicted octanol–water partition coefficient (Wildman–Crippen LogP) is 5.75. The smallest absolute Gasteiger partial charge is 0.00424 e. The minimum atomic E-state index is 0.456. The normalized spacial score (nSPS) is 47.7. The van der Waals surface area contributed by atoms with Crippen LogP contribution in [0.5, 0.6) is 0 Å². The van der Waals surface area contributed by atoms with Gasteiger partial charge in [0.05, 0.1) is 0 Å². The molecule has 0 saturated heterocycles. The SMILES string of the molecule is C=C1C=C2C3(CCCC3)CCC(C)C2(C)C2C1C2(C)C. The Kier molecular flexibility index (Phi) is 2.38. The Bertz CT molecular complexity index is 500. The van der Waals surface area contributed by atoms with Gasteiger partial charge in [-0.1, -0.05) is 64.3 Å². The lowest BCUT2D eigenvalue weighted by Crippen LogP contribution is -2.45. The summed E-state index contributed by atoms with van der Waals surface area (Å²) >= 11 is 0. The molecular formula is C20H30. The molecule has 3 fully saturated rings. The summed E-state index contributed by atoms with van der Waals surface area (Å²) in [7, 11) is 0. The van der Waals surface area contributed by atoms with E-state index in [1.54, 1.807) is 0 Å². The molecule has 4 unspecified atom stereocenters. The highest BCUT2D eigenvalue weighted by molar-refractivity contribution is 5.47. The van der Waals surface area contributed by atoms with Crippen LogP contribution in [-0.4, -0.2) is 0 Å². The Morgan fingerprint density at radius 3 is 2.40 bits per heavy atom. The number of hydrogen-bond donors (Lipinski definition) is 0. The van der Waals surface area contributed by atoms with Crippen molar-refractivity contribution in [1.82, 2.24) is 0 Å². The zero-order valence-electron chi connectivity index (χ0n) is 13.8. The molecule has 0 heteroatoms.